The molecule has 0 spiro atoms. The molecule has 1 N–H and O–H groups in total. The molecule has 0 saturated heterocycles. The molecule has 0 fully saturated rings. The third-order valence-electron chi connectivity index (χ3n) is 2.86. The number of aromatic nitrogens is 2. The van der Waals surface area contributed by atoms with Crippen LogP contribution in [0.2, 0.25) is 0 Å². The molecule has 0 aliphatic carbocycles. The van der Waals surface area contributed by atoms with Crippen LogP contribution in [0, 0.1) is 5.92 Å². The van der Waals surface area contributed by atoms with Crippen molar-refractivity contribution in [3.05, 3.63) is 28.5 Å². The SMILES string of the molecule is CC(C)CCn1c(CO)nc2cc(Br)ccc21. The zero-order valence-corrected chi connectivity index (χ0v) is 11.7. The van der Waals surface area contributed by atoms with E-state index < -0.39 is 0 Å². The molecule has 1 aromatic heterocycles. The van der Waals surface area contributed by atoms with Crippen molar-refractivity contribution in [3.8, 4) is 0 Å². The van der Waals surface area contributed by atoms with E-state index in [1.165, 1.54) is 0 Å². The quantitative estimate of drug-likeness (QED) is 0.940. The lowest BCUT2D eigenvalue weighted by Crippen LogP contribution is -2.06. The van der Waals surface area contributed by atoms with Gasteiger partial charge in [0, 0.05) is 11.0 Å². The molecule has 0 saturated carbocycles. The predicted molar refractivity (Wildman–Crippen MR) is 72.8 cm³/mol. The number of nitrogens with zero attached hydrogens (tertiary/aromatic N) is 2. The smallest absolute Gasteiger partial charge is 0.135 e. The summed E-state index contributed by atoms with van der Waals surface area (Å²) in [6.45, 7) is 5.30. The topological polar surface area (TPSA) is 38.0 Å². The van der Waals surface area contributed by atoms with E-state index in [0.29, 0.717) is 5.92 Å². The van der Waals surface area contributed by atoms with Crippen molar-refractivity contribution in [2.45, 2.75) is 33.4 Å². The van der Waals surface area contributed by atoms with Crippen LogP contribution in [-0.2, 0) is 13.2 Å². The molecule has 0 bridgehead atoms. The highest BCUT2D eigenvalue weighted by Gasteiger charge is 2.10. The number of imidazole rings is 1. The first-order valence-electron chi connectivity index (χ1n) is 5.87. The summed E-state index contributed by atoms with van der Waals surface area (Å²) in [4.78, 5) is 4.45. The number of aliphatic hydroxyl groups excluding tert-OH is 1. The second-order valence-electron chi connectivity index (χ2n) is 4.65. The molecule has 0 amide bonds. The highest BCUT2D eigenvalue weighted by atomic mass is 79.9. The van der Waals surface area contributed by atoms with Gasteiger partial charge in [-0.2, -0.15) is 0 Å². The zero-order chi connectivity index (χ0) is 12.4. The highest BCUT2D eigenvalue weighted by Crippen LogP contribution is 2.22. The average Bonchev–Trinajstić information content (AvgIpc) is 2.63. The second kappa shape index (κ2) is 5.19. The minimum Gasteiger partial charge on any atom is -0.388 e. The molecule has 0 radical (unpaired) electrons. The maximum Gasteiger partial charge on any atom is 0.135 e. The van der Waals surface area contributed by atoms with E-state index >= 15 is 0 Å². The van der Waals surface area contributed by atoms with E-state index in [-0.39, 0.29) is 6.61 Å². The van der Waals surface area contributed by atoms with Crippen molar-refractivity contribution in [3.63, 3.8) is 0 Å². The second-order valence-corrected chi connectivity index (χ2v) is 5.57. The molecule has 2 rings (SSSR count). The van der Waals surface area contributed by atoms with Crippen LogP contribution >= 0.6 is 15.9 Å². The van der Waals surface area contributed by atoms with Crippen LogP contribution in [0.25, 0.3) is 11.0 Å². The van der Waals surface area contributed by atoms with Gasteiger partial charge in [-0.3, -0.25) is 0 Å². The molecule has 0 atom stereocenters. The number of fused-ring (bicyclic) bond motifs is 1. The van der Waals surface area contributed by atoms with Gasteiger partial charge in [-0.25, -0.2) is 4.98 Å². The summed E-state index contributed by atoms with van der Waals surface area (Å²) >= 11 is 3.44. The first kappa shape index (κ1) is 12.6. The Labute approximate surface area is 110 Å². The maximum absolute atomic E-state index is 9.36. The van der Waals surface area contributed by atoms with E-state index in [1.54, 1.807) is 0 Å². The van der Waals surface area contributed by atoms with Gasteiger partial charge in [0.05, 0.1) is 11.0 Å². The van der Waals surface area contributed by atoms with Gasteiger partial charge < -0.3 is 9.67 Å². The van der Waals surface area contributed by atoms with Crippen molar-refractivity contribution in [1.82, 2.24) is 9.55 Å². The monoisotopic (exact) mass is 296 g/mol. The summed E-state index contributed by atoms with van der Waals surface area (Å²) in [6.07, 6.45) is 1.09. The van der Waals surface area contributed by atoms with Gasteiger partial charge >= 0.3 is 0 Å². The van der Waals surface area contributed by atoms with Crippen LogP contribution in [0.15, 0.2) is 22.7 Å². The summed E-state index contributed by atoms with van der Waals surface area (Å²) in [5.74, 6) is 1.40. The Hall–Kier alpha value is -0.870. The van der Waals surface area contributed by atoms with Crippen molar-refractivity contribution in [2.24, 2.45) is 5.92 Å². The molecule has 0 aliphatic rings. The molecule has 0 unspecified atom stereocenters. The fourth-order valence-corrected chi connectivity index (χ4v) is 2.26. The largest absolute Gasteiger partial charge is 0.388 e. The lowest BCUT2D eigenvalue weighted by Gasteiger charge is -2.09. The molecule has 4 heteroatoms. The van der Waals surface area contributed by atoms with E-state index in [9.17, 15) is 5.11 Å². The summed E-state index contributed by atoms with van der Waals surface area (Å²) in [6, 6.07) is 6.04. The van der Waals surface area contributed by atoms with Crippen molar-refractivity contribution in [1.29, 1.82) is 0 Å². The molecule has 17 heavy (non-hydrogen) atoms. The minimum absolute atomic E-state index is 0.00953. The van der Waals surface area contributed by atoms with Crippen LogP contribution in [0.5, 0.6) is 0 Å². The fourth-order valence-electron chi connectivity index (χ4n) is 1.91. The molecule has 1 heterocycles. The van der Waals surface area contributed by atoms with Gasteiger partial charge in [-0.15, -0.1) is 0 Å². The number of benzene rings is 1. The van der Waals surface area contributed by atoms with Crippen molar-refractivity contribution >= 4 is 27.0 Å². The molecule has 0 aliphatic heterocycles. The van der Waals surface area contributed by atoms with Crippen molar-refractivity contribution < 1.29 is 5.11 Å². The van der Waals surface area contributed by atoms with Gasteiger partial charge in [0.2, 0.25) is 0 Å². The van der Waals surface area contributed by atoms with Gasteiger partial charge in [-0.1, -0.05) is 29.8 Å². The maximum atomic E-state index is 9.36. The summed E-state index contributed by atoms with van der Waals surface area (Å²) in [5, 5.41) is 9.36. The number of halogens is 1. The lowest BCUT2D eigenvalue weighted by molar-refractivity contribution is 0.264. The number of aliphatic hydroxyl groups is 1. The average molecular weight is 297 g/mol. The van der Waals surface area contributed by atoms with E-state index in [1.807, 2.05) is 18.2 Å². The lowest BCUT2D eigenvalue weighted by atomic mass is 10.1. The van der Waals surface area contributed by atoms with Gasteiger partial charge in [0.1, 0.15) is 12.4 Å². The third-order valence-corrected chi connectivity index (χ3v) is 3.35. The molecular weight excluding hydrogens is 280 g/mol. The van der Waals surface area contributed by atoms with E-state index in [4.69, 9.17) is 0 Å². The van der Waals surface area contributed by atoms with Crippen molar-refractivity contribution in [2.75, 3.05) is 0 Å². The molecule has 3 nitrogen and oxygen atoms in total. The number of rotatable bonds is 4. The zero-order valence-electron chi connectivity index (χ0n) is 10.2. The molecule has 92 valence electrons. The van der Waals surface area contributed by atoms with Crippen LogP contribution in [-0.4, -0.2) is 14.7 Å². The van der Waals surface area contributed by atoms with Gasteiger partial charge in [-0.05, 0) is 30.5 Å². The Morgan fingerprint density at radius 3 is 2.82 bits per heavy atom. The summed E-state index contributed by atoms with van der Waals surface area (Å²) in [5.41, 5.74) is 2.03. The Kier molecular flexibility index (Phi) is 3.84. The number of aryl methyl sites for hydroxylation is 1. The van der Waals surface area contributed by atoms with Crippen LogP contribution in [0.1, 0.15) is 26.1 Å². The Morgan fingerprint density at radius 2 is 2.18 bits per heavy atom. The first-order valence-corrected chi connectivity index (χ1v) is 6.66. The molecule has 2 aromatic rings. The standard InChI is InChI=1S/C13H17BrN2O/c1-9(2)5-6-16-12-4-3-10(14)7-11(12)15-13(16)8-17/h3-4,7,9,17H,5-6,8H2,1-2H3. The number of hydrogen-bond donors (Lipinski definition) is 1. The van der Waals surface area contributed by atoms with Gasteiger partial charge in [0.25, 0.3) is 0 Å². The molecule has 1 aromatic carbocycles. The highest BCUT2D eigenvalue weighted by molar-refractivity contribution is 9.10. The third kappa shape index (κ3) is 2.69. The van der Waals surface area contributed by atoms with Gasteiger partial charge in [0.15, 0.2) is 0 Å². The van der Waals surface area contributed by atoms with Crippen LogP contribution in [0.3, 0.4) is 0 Å². The Bertz CT molecular complexity index is 519. The first-order chi connectivity index (χ1) is 8.11. The minimum atomic E-state index is -0.00953. The van der Waals surface area contributed by atoms with E-state index in [2.05, 4.69) is 39.3 Å². The fraction of sp³-hybridized carbons (Fsp3) is 0.462. The summed E-state index contributed by atoms with van der Waals surface area (Å²) < 4.78 is 3.13. The Morgan fingerprint density at radius 1 is 1.41 bits per heavy atom. The van der Waals surface area contributed by atoms with Crippen LogP contribution < -0.4 is 0 Å². The normalized spacial score (nSPS) is 11.6. The number of hydrogen-bond acceptors (Lipinski definition) is 2. The Balaban J connectivity index is 2.43. The van der Waals surface area contributed by atoms with Crippen LogP contribution in [0.4, 0.5) is 0 Å². The summed E-state index contributed by atoms with van der Waals surface area (Å²) in [7, 11) is 0. The predicted octanol–water partition coefficient (Wildman–Crippen LogP) is 3.34. The molecular formula is C13H17BrN2O. The van der Waals surface area contributed by atoms with E-state index in [0.717, 1.165) is 34.3 Å².